The molecular formula is C21H20ClN5O4. The largest absolute Gasteiger partial charge is 0.444 e. The maximum absolute atomic E-state index is 13.3. The number of oxazole rings is 1. The molecule has 2 atom stereocenters. The predicted octanol–water partition coefficient (Wildman–Crippen LogP) is 2.35. The van der Waals surface area contributed by atoms with E-state index in [1.165, 1.54) is 30.0 Å². The van der Waals surface area contributed by atoms with Crippen LogP contribution in [0.3, 0.4) is 0 Å². The second kappa shape index (κ2) is 9.67. The van der Waals surface area contributed by atoms with Gasteiger partial charge in [0.2, 0.25) is 11.8 Å². The summed E-state index contributed by atoms with van der Waals surface area (Å²) in [6, 6.07) is 5.90. The lowest BCUT2D eigenvalue weighted by molar-refractivity contribution is -0.126. The highest BCUT2D eigenvalue weighted by Crippen LogP contribution is 2.30. The zero-order valence-electron chi connectivity index (χ0n) is 16.5. The van der Waals surface area contributed by atoms with Gasteiger partial charge in [-0.3, -0.25) is 14.5 Å². The van der Waals surface area contributed by atoms with E-state index < -0.39 is 11.9 Å². The van der Waals surface area contributed by atoms with E-state index in [0.29, 0.717) is 36.6 Å². The van der Waals surface area contributed by atoms with Gasteiger partial charge >= 0.3 is 0 Å². The van der Waals surface area contributed by atoms with Gasteiger partial charge in [0.25, 0.3) is 0 Å². The van der Waals surface area contributed by atoms with Crippen molar-refractivity contribution in [1.82, 2.24) is 20.3 Å². The van der Waals surface area contributed by atoms with Gasteiger partial charge in [-0.15, -0.1) is 11.6 Å². The molecular weight excluding hydrogens is 422 g/mol. The van der Waals surface area contributed by atoms with E-state index in [1.54, 1.807) is 30.5 Å². The third-order valence-electron chi connectivity index (χ3n) is 4.92. The molecule has 10 heteroatoms. The average molecular weight is 442 g/mol. The molecule has 4 rings (SSSR count). The summed E-state index contributed by atoms with van der Waals surface area (Å²) in [5.74, 6) is -0.494. The molecule has 0 aliphatic carbocycles. The van der Waals surface area contributed by atoms with Crippen molar-refractivity contribution in [3.8, 4) is 11.3 Å². The number of aromatic nitrogens is 3. The first-order valence-electron chi connectivity index (χ1n) is 9.67. The van der Waals surface area contributed by atoms with Crippen LogP contribution < -0.4 is 10.2 Å². The van der Waals surface area contributed by atoms with Crippen molar-refractivity contribution in [2.45, 2.75) is 18.5 Å². The Morgan fingerprint density at radius 3 is 2.55 bits per heavy atom. The molecule has 9 nitrogen and oxygen atoms in total. The molecule has 0 unspecified atom stereocenters. The Kier molecular flexibility index (Phi) is 6.54. The number of nitrogens with one attached hydrogen (secondary N) is 1. The molecule has 1 aliphatic heterocycles. The van der Waals surface area contributed by atoms with Crippen LogP contribution >= 0.6 is 11.6 Å². The van der Waals surface area contributed by atoms with E-state index in [0.717, 1.165) is 5.56 Å². The Labute approximate surface area is 183 Å². The molecule has 1 aliphatic rings. The number of benzene rings is 1. The zero-order chi connectivity index (χ0) is 21.6. The Hall–Kier alpha value is -3.30. The van der Waals surface area contributed by atoms with E-state index in [4.69, 9.17) is 20.8 Å². The topological polar surface area (TPSA) is 110 Å². The summed E-state index contributed by atoms with van der Waals surface area (Å²) in [6.07, 6.45) is 8.04. The summed E-state index contributed by atoms with van der Waals surface area (Å²) in [6.45, 7) is 1.01. The molecule has 1 aromatic carbocycles. The van der Waals surface area contributed by atoms with Gasteiger partial charge in [0.05, 0.1) is 18.8 Å². The van der Waals surface area contributed by atoms with Crippen LogP contribution in [0.4, 0.5) is 5.69 Å². The fraction of sp³-hybridized carbons (Fsp3) is 0.286. The maximum Gasteiger partial charge on any atom is 0.248 e. The normalized spacial score (nSPS) is 16.6. The zero-order valence-corrected chi connectivity index (χ0v) is 17.2. The van der Waals surface area contributed by atoms with Crippen LogP contribution in [0.25, 0.3) is 11.3 Å². The van der Waals surface area contributed by atoms with Crippen molar-refractivity contribution in [2.75, 3.05) is 24.0 Å². The molecule has 0 radical (unpaired) electrons. The van der Waals surface area contributed by atoms with Crippen LogP contribution in [0.15, 0.2) is 60.0 Å². The third-order valence-corrected chi connectivity index (χ3v) is 5.15. The molecule has 0 spiro atoms. The number of carbonyl (C=O) groups excluding carboxylic acids is 2. The average Bonchev–Trinajstić information content (AvgIpc) is 3.52. The van der Waals surface area contributed by atoms with Crippen LogP contribution in [0.1, 0.15) is 18.0 Å². The summed E-state index contributed by atoms with van der Waals surface area (Å²) in [4.78, 5) is 39.5. The van der Waals surface area contributed by atoms with Crippen LogP contribution in [0.2, 0.25) is 0 Å². The van der Waals surface area contributed by atoms with Gasteiger partial charge in [0, 0.05) is 35.8 Å². The van der Waals surface area contributed by atoms with Gasteiger partial charge in [-0.1, -0.05) is 0 Å². The Bertz CT molecular complexity index is 1010. The summed E-state index contributed by atoms with van der Waals surface area (Å²) >= 11 is 5.92. The molecule has 1 saturated heterocycles. The van der Waals surface area contributed by atoms with Crippen molar-refractivity contribution < 1.29 is 18.7 Å². The standard InChI is InChI=1S/C21H20ClN5O4/c22-7-19(28)27(17-3-1-14(2-4-17)18-10-25-13-31-18)20(15-8-23-12-24-9-15)21(29)26-16-5-6-30-11-16/h1-4,8-10,12-13,16,20H,5-7,11H2,(H,26,29)/t16-,20+/m1/s1. The second-order valence-electron chi connectivity index (χ2n) is 6.95. The molecule has 3 heterocycles. The van der Waals surface area contributed by atoms with E-state index in [9.17, 15) is 9.59 Å². The number of hydrogen-bond acceptors (Lipinski definition) is 7. The van der Waals surface area contributed by atoms with Crippen LogP contribution in [0, 0.1) is 0 Å². The maximum atomic E-state index is 13.3. The Morgan fingerprint density at radius 1 is 1.16 bits per heavy atom. The number of anilines is 1. The fourth-order valence-electron chi connectivity index (χ4n) is 3.44. The lowest BCUT2D eigenvalue weighted by Crippen LogP contribution is -2.47. The summed E-state index contributed by atoms with van der Waals surface area (Å²) in [5, 5.41) is 2.96. The minimum absolute atomic E-state index is 0.124. The highest BCUT2D eigenvalue weighted by Gasteiger charge is 2.34. The molecule has 1 fully saturated rings. The third kappa shape index (κ3) is 4.73. The molecule has 2 aromatic heterocycles. The summed E-state index contributed by atoms with van der Waals surface area (Å²) < 4.78 is 10.7. The van der Waals surface area contributed by atoms with Gasteiger partial charge in [-0.05, 0) is 30.7 Å². The molecule has 3 aromatic rings. The van der Waals surface area contributed by atoms with Crippen molar-refractivity contribution >= 4 is 29.1 Å². The Morgan fingerprint density at radius 2 is 1.94 bits per heavy atom. The predicted molar refractivity (Wildman–Crippen MR) is 112 cm³/mol. The molecule has 160 valence electrons. The number of hydrogen-bond donors (Lipinski definition) is 1. The first-order valence-corrected chi connectivity index (χ1v) is 10.2. The molecule has 1 N–H and O–H groups in total. The number of alkyl halides is 1. The van der Waals surface area contributed by atoms with Gasteiger partial charge in [0.15, 0.2) is 12.2 Å². The smallest absolute Gasteiger partial charge is 0.248 e. The van der Waals surface area contributed by atoms with Gasteiger partial charge in [0.1, 0.15) is 18.2 Å². The van der Waals surface area contributed by atoms with Crippen LogP contribution in [-0.2, 0) is 14.3 Å². The number of ether oxygens (including phenoxy) is 1. The van der Waals surface area contributed by atoms with Crippen molar-refractivity contribution in [3.05, 3.63) is 61.1 Å². The molecule has 31 heavy (non-hydrogen) atoms. The molecule has 0 bridgehead atoms. The van der Waals surface area contributed by atoms with E-state index in [-0.39, 0.29) is 17.8 Å². The van der Waals surface area contributed by atoms with Crippen LogP contribution in [-0.4, -0.2) is 51.9 Å². The molecule has 0 saturated carbocycles. The first-order chi connectivity index (χ1) is 15.2. The fourth-order valence-corrected chi connectivity index (χ4v) is 3.57. The minimum atomic E-state index is -0.996. The van der Waals surface area contributed by atoms with Crippen molar-refractivity contribution in [1.29, 1.82) is 0 Å². The second-order valence-corrected chi connectivity index (χ2v) is 7.22. The summed E-state index contributed by atoms with van der Waals surface area (Å²) in [7, 11) is 0. The van der Waals surface area contributed by atoms with E-state index in [1.807, 2.05) is 0 Å². The number of halogens is 1. The Balaban J connectivity index is 1.70. The number of carbonyl (C=O) groups is 2. The lowest BCUT2D eigenvalue weighted by atomic mass is 10.0. The number of nitrogens with zero attached hydrogens (tertiary/aromatic N) is 4. The van der Waals surface area contributed by atoms with E-state index in [2.05, 4.69) is 20.3 Å². The summed E-state index contributed by atoms with van der Waals surface area (Å²) in [5.41, 5.74) is 1.75. The number of amides is 2. The highest BCUT2D eigenvalue weighted by atomic mass is 35.5. The highest BCUT2D eigenvalue weighted by molar-refractivity contribution is 6.29. The van der Waals surface area contributed by atoms with Crippen molar-refractivity contribution in [2.24, 2.45) is 0 Å². The quantitative estimate of drug-likeness (QED) is 0.560. The van der Waals surface area contributed by atoms with Gasteiger partial charge in [-0.25, -0.2) is 15.0 Å². The van der Waals surface area contributed by atoms with Gasteiger partial charge in [-0.2, -0.15) is 0 Å². The van der Waals surface area contributed by atoms with Gasteiger partial charge < -0.3 is 14.5 Å². The lowest BCUT2D eigenvalue weighted by Gasteiger charge is -2.31. The number of rotatable bonds is 7. The molecule has 2 amide bonds. The SMILES string of the molecule is O=C(N[C@@H]1CCOC1)[C@H](c1cncnc1)N(C(=O)CCl)c1ccc(-c2cnco2)cc1. The first kappa shape index (κ1) is 21.0. The monoisotopic (exact) mass is 441 g/mol. The van der Waals surface area contributed by atoms with E-state index >= 15 is 0 Å². The van der Waals surface area contributed by atoms with Crippen molar-refractivity contribution in [3.63, 3.8) is 0 Å². The van der Waals surface area contributed by atoms with Crippen LogP contribution in [0.5, 0.6) is 0 Å². The minimum Gasteiger partial charge on any atom is -0.444 e.